The van der Waals surface area contributed by atoms with Crippen LogP contribution in [0.2, 0.25) is 5.02 Å². The van der Waals surface area contributed by atoms with Crippen molar-refractivity contribution in [2.24, 2.45) is 11.8 Å². The van der Waals surface area contributed by atoms with Crippen LogP contribution in [-0.4, -0.2) is 51.8 Å². The molecule has 31 heavy (non-hydrogen) atoms. The third kappa shape index (κ3) is 4.80. The van der Waals surface area contributed by atoms with Gasteiger partial charge in [0.2, 0.25) is 0 Å². The van der Waals surface area contributed by atoms with Crippen LogP contribution in [0.3, 0.4) is 0 Å². The van der Waals surface area contributed by atoms with Gasteiger partial charge in [0.1, 0.15) is 6.10 Å². The zero-order chi connectivity index (χ0) is 22.0. The van der Waals surface area contributed by atoms with Crippen molar-refractivity contribution in [3.05, 3.63) is 28.9 Å². The SMILES string of the molecule is O=C(NCC1CCCCC1)N1CCC(C(F)(F)C(O)c2cc(Cl)cc3cn[nH]c23)CC1. The van der Waals surface area contributed by atoms with Crippen LogP contribution in [0.15, 0.2) is 18.3 Å². The fourth-order valence-corrected chi connectivity index (χ4v) is 5.13. The number of carbonyl (C=O) groups is 1. The van der Waals surface area contributed by atoms with E-state index in [4.69, 9.17) is 11.6 Å². The lowest BCUT2D eigenvalue weighted by atomic mass is 9.85. The molecule has 0 radical (unpaired) electrons. The maximum absolute atomic E-state index is 15.2. The minimum Gasteiger partial charge on any atom is -0.382 e. The van der Waals surface area contributed by atoms with E-state index in [0.717, 1.165) is 12.8 Å². The molecule has 2 heterocycles. The van der Waals surface area contributed by atoms with Crippen LogP contribution in [0.5, 0.6) is 0 Å². The maximum atomic E-state index is 15.2. The van der Waals surface area contributed by atoms with Gasteiger partial charge in [0.05, 0.1) is 11.7 Å². The lowest BCUT2D eigenvalue weighted by Gasteiger charge is -2.38. The number of fused-ring (bicyclic) bond motifs is 1. The highest BCUT2D eigenvalue weighted by molar-refractivity contribution is 6.31. The first kappa shape index (κ1) is 22.3. The normalized spacial score (nSPS) is 20.2. The number of likely N-dealkylation sites (tertiary alicyclic amines) is 1. The van der Waals surface area contributed by atoms with Crippen LogP contribution >= 0.6 is 11.6 Å². The molecule has 0 bridgehead atoms. The van der Waals surface area contributed by atoms with Gasteiger partial charge >= 0.3 is 6.03 Å². The molecule has 170 valence electrons. The Labute approximate surface area is 185 Å². The molecule has 2 aromatic rings. The molecule has 4 rings (SSSR count). The summed E-state index contributed by atoms with van der Waals surface area (Å²) in [5, 5.41) is 20.9. The summed E-state index contributed by atoms with van der Waals surface area (Å²) in [6, 6.07) is 2.79. The van der Waals surface area contributed by atoms with E-state index in [2.05, 4.69) is 15.5 Å². The summed E-state index contributed by atoms with van der Waals surface area (Å²) in [5.74, 6) is -3.86. The Morgan fingerprint density at radius 2 is 1.97 bits per heavy atom. The molecule has 1 aromatic heterocycles. The summed E-state index contributed by atoms with van der Waals surface area (Å²) in [6.45, 7) is 1.15. The first-order valence-corrected chi connectivity index (χ1v) is 11.4. The Bertz CT molecular complexity index is 908. The number of alkyl halides is 2. The van der Waals surface area contributed by atoms with Crippen LogP contribution in [0, 0.1) is 11.8 Å². The summed E-state index contributed by atoms with van der Waals surface area (Å²) < 4.78 is 30.5. The lowest BCUT2D eigenvalue weighted by molar-refractivity contribution is -0.159. The van der Waals surface area contributed by atoms with Crippen molar-refractivity contribution >= 4 is 28.5 Å². The van der Waals surface area contributed by atoms with E-state index in [0.29, 0.717) is 23.4 Å². The minimum absolute atomic E-state index is 0.0395. The molecule has 1 aliphatic heterocycles. The number of carbonyl (C=O) groups excluding carboxylic acids is 1. The number of nitrogens with one attached hydrogen (secondary N) is 2. The molecule has 3 N–H and O–H groups in total. The third-order valence-electron chi connectivity index (χ3n) is 6.80. The molecule has 1 aromatic carbocycles. The molecule has 1 atom stereocenters. The average molecular weight is 455 g/mol. The second-order valence-electron chi connectivity index (χ2n) is 8.86. The predicted molar refractivity (Wildman–Crippen MR) is 115 cm³/mol. The van der Waals surface area contributed by atoms with Gasteiger partial charge in [-0.3, -0.25) is 5.10 Å². The largest absolute Gasteiger partial charge is 0.382 e. The number of amides is 2. The molecule has 0 spiro atoms. The molecule has 2 fully saturated rings. The summed E-state index contributed by atoms with van der Waals surface area (Å²) in [5.41, 5.74) is 0.397. The number of aliphatic hydroxyl groups excluding tert-OH is 1. The summed E-state index contributed by atoms with van der Waals surface area (Å²) >= 11 is 6.05. The number of aromatic nitrogens is 2. The van der Waals surface area contributed by atoms with E-state index in [9.17, 15) is 9.90 Å². The van der Waals surface area contributed by atoms with E-state index in [1.807, 2.05) is 0 Å². The summed E-state index contributed by atoms with van der Waals surface area (Å²) in [4.78, 5) is 14.1. The van der Waals surface area contributed by atoms with Gasteiger partial charge in [0.25, 0.3) is 5.92 Å². The Hall–Kier alpha value is -1.93. The third-order valence-corrected chi connectivity index (χ3v) is 7.01. The molecule has 1 saturated heterocycles. The van der Waals surface area contributed by atoms with Crippen molar-refractivity contribution in [2.75, 3.05) is 19.6 Å². The number of benzene rings is 1. The molecule has 1 unspecified atom stereocenters. The number of H-pyrrole nitrogens is 1. The van der Waals surface area contributed by atoms with Crippen LogP contribution in [0.4, 0.5) is 13.6 Å². The van der Waals surface area contributed by atoms with Crippen molar-refractivity contribution < 1.29 is 18.7 Å². The maximum Gasteiger partial charge on any atom is 0.317 e. The molecule has 1 saturated carbocycles. The molecule has 2 aliphatic rings. The van der Waals surface area contributed by atoms with E-state index in [1.54, 1.807) is 11.0 Å². The van der Waals surface area contributed by atoms with E-state index in [-0.39, 0.29) is 42.5 Å². The van der Waals surface area contributed by atoms with Gasteiger partial charge in [-0.2, -0.15) is 5.10 Å². The van der Waals surface area contributed by atoms with Crippen LogP contribution in [0.25, 0.3) is 10.9 Å². The van der Waals surface area contributed by atoms with Crippen molar-refractivity contribution in [2.45, 2.75) is 57.0 Å². The Morgan fingerprint density at radius 3 is 2.68 bits per heavy atom. The standard InChI is InChI=1S/C22H29ClF2N4O2/c23-17-10-15-13-27-28-19(15)18(11-17)20(30)22(24,25)16-6-8-29(9-7-16)21(31)26-12-14-4-2-1-3-5-14/h10-11,13-14,16,20,30H,1-9,12H2,(H,26,31)(H,27,28). The zero-order valence-corrected chi connectivity index (χ0v) is 18.2. The quantitative estimate of drug-likeness (QED) is 0.601. The van der Waals surface area contributed by atoms with Crippen LogP contribution in [0.1, 0.15) is 56.6 Å². The van der Waals surface area contributed by atoms with Gasteiger partial charge in [-0.15, -0.1) is 0 Å². The number of aromatic amines is 1. The molecule has 1 aliphatic carbocycles. The monoisotopic (exact) mass is 454 g/mol. The van der Waals surface area contributed by atoms with Crippen LogP contribution in [-0.2, 0) is 0 Å². The molecule has 2 amide bonds. The first-order valence-electron chi connectivity index (χ1n) is 11.1. The Morgan fingerprint density at radius 1 is 1.26 bits per heavy atom. The smallest absolute Gasteiger partial charge is 0.317 e. The number of hydrogen-bond acceptors (Lipinski definition) is 3. The number of aliphatic hydroxyl groups is 1. The molecular weight excluding hydrogens is 426 g/mol. The minimum atomic E-state index is -3.35. The second-order valence-corrected chi connectivity index (χ2v) is 9.29. The molecule has 9 heteroatoms. The second kappa shape index (κ2) is 9.28. The number of urea groups is 1. The van der Waals surface area contributed by atoms with Crippen molar-refractivity contribution in [3.63, 3.8) is 0 Å². The summed E-state index contributed by atoms with van der Waals surface area (Å²) in [7, 11) is 0. The number of rotatable bonds is 5. The zero-order valence-electron chi connectivity index (χ0n) is 17.4. The van der Waals surface area contributed by atoms with Gasteiger partial charge in [0, 0.05) is 41.5 Å². The highest BCUT2D eigenvalue weighted by atomic mass is 35.5. The Balaban J connectivity index is 1.35. The van der Waals surface area contributed by atoms with Gasteiger partial charge in [-0.25, -0.2) is 13.6 Å². The van der Waals surface area contributed by atoms with E-state index in [1.165, 1.54) is 31.5 Å². The fourth-order valence-electron chi connectivity index (χ4n) is 4.90. The average Bonchev–Trinajstić information content (AvgIpc) is 3.25. The molecular formula is C22H29ClF2N4O2. The highest BCUT2D eigenvalue weighted by Crippen LogP contribution is 2.44. The molecule has 6 nitrogen and oxygen atoms in total. The number of piperidine rings is 1. The van der Waals surface area contributed by atoms with Gasteiger partial charge < -0.3 is 15.3 Å². The van der Waals surface area contributed by atoms with Gasteiger partial charge in [0.15, 0.2) is 0 Å². The van der Waals surface area contributed by atoms with Crippen molar-refractivity contribution in [3.8, 4) is 0 Å². The topological polar surface area (TPSA) is 81.2 Å². The first-order chi connectivity index (χ1) is 14.9. The van der Waals surface area contributed by atoms with E-state index >= 15 is 8.78 Å². The van der Waals surface area contributed by atoms with E-state index < -0.39 is 17.9 Å². The number of nitrogens with zero attached hydrogens (tertiary/aromatic N) is 2. The van der Waals surface area contributed by atoms with Gasteiger partial charge in [-0.1, -0.05) is 30.9 Å². The number of hydrogen-bond donors (Lipinski definition) is 3. The highest BCUT2D eigenvalue weighted by Gasteiger charge is 2.48. The van der Waals surface area contributed by atoms with Gasteiger partial charge in [-0.05, 0) is 43.7 Å². The van der Waals surface area contributed by atoms with Crippen molar-refractivity contribution in [1.82, 2.24) is 20.4 Å². The Kier molecular flexibility index (Phi) is 6.67. The fraction of sp³-hybridized carbons (Fsp3) is 0.636. The summed E-state index contributed by atoms with van der Waals surface area (Å²) in [6.07, 6.45) is 5.70. The lowest BCUT2D eigenvalue weighted by Crippen LogP contribution is -2.49. The van der Waals surface area contributed by atoms with Crippen LogP contribution < -0.4 is 5.32 Å². The number of halogens is 3. The van der Waals surface area contributed by atoms with Crippen molar-refractivity contribution in [1.29, 1.82) is 0 Å². The predicted octanol–water partition coefficient (Wildman–Crippen LogP) is 4.89.